The number of carbonyl (C=O) groups excluding carboxylic acids is 1. The van der Waals surface area contributed by atoms with E-state index < -0.39 is 6.03 Å². The fourth-order valence-corrected chi connectivity index (χ4v) is 1.21. The van der Waals surface area contributed by atoms with Crippen molar-refractivity contribution in [2.24, 2.45) is 5.73 Å². The summed E-state index contributed by atoms with van der Waals surface area (Å²) in [5, 5.41) is 0. The Bertz CT molecular complexity index is 145. The highest BCUT2D eigenvalue weighted by molar-refractivity contribution is 5.98. The summed E-state index contributed by atoms with van der Waals surface area (Å²) in [5.41, 5.74) is 10.0. The van der Waals surface area contributed by atoms with Crippen molar-refractivity contribution in [3.63, 3.8) is 0 Å². The van der Waals surface area contributed by atoms with Gasteiger partial charge in [-0.05, 0) is 13.3 Å². The van der Waals surface area contributed by atoms with E-state index in [1.807, 2.05) is 13.8 Å². The Morgan fingerprint density at radius 3 is 2.67 bits per heavy atom. The SMILES string of the molecule is CCC(NNC(N)=O)C(C)O[SiH3]. The van der Waals surface area contributed by atoms with Gasteiger partial charge in [-0.25, -0.2) is 10.2 Å². The van der Waals surface area contributed by atoms with Crippen LogP contribution >= 0.6 is 0 Å². The van der Waals surface area contributed by atoms with Crippen LogP contribution in [0.2, 0.25) is 0 Å². The highest BCUT2D eigenvalue weighted by Crippen LogP contribution is 1.99. The fraction of sp³-hybridized carbons (Fsp3) is 0.833. The molecule has 0 saturated carbocycles. The van der Waals surface area contributed by atoms with Gasteiger partial charge in [-0.1, -0.05) is 6.92 Å². The highest BCUT2D eigenvalue weighted by atomic mass is 28.2. The zero-order valence-electron chi connectivity index (χ0n) is 7.76. The molecule has 12 heavy (non-hydrogen) atoms. The summed E-state index contributed by atoms with van der Waals surface area (Å²) >= 11 is 0. The molecule has 0 radical (unpaired) electrons. The Kier molecular flexibility index (Phi) is 5.69. The molecule has 0 spiro atoms. The third-order valence-corrected chi connectivity index (χ3v) is 2.50. The van der Waals surface area contributed by atoms with Crippen molar-refractivity contribution in [3.8, 4) is 0 Å². The summed E-state index contributed by atoms with van der Waals surface area (Å²) in [6.07, 6.45) is 0.984. The van der Waals surface area contributed by atoms with E-state index >= 15 is 0 Å². The van der Waals surface area contributed by atoms with E-state index in [4.69, 9.17) is 10.2 Å². The maximum Gasteiger partial charge on any atom is 0.326 e. The normalized spacial score (nSPS) is 15.5. The maximum absolute atomic E-state index is 10.3. The molecule has 2 unspecified atom stereocenters. The minimum Gasteiger partial charge on any atom is -0.424 e. The Hall–Kier alpha value is -0.593. The van der Waals surface area contributed by atoms with E-state index in [1.54, 1.807) is 0 Å². The summed E-state index contributed by atoms with van der Waals surface area (Å²) in [4.78, 5) is 10.3. The number of urea groups is 1. The van der Waals surface area contributed by atoms with Crippen molar-refractivity contribution >= 4 is 16.5 Å². The number of primary amides is 1. The summed E-state index contributed by atoms with van der Waals surface area (Å²) in [5.74, 6) is 0. The molecule has 0 fully saturated rings. The predicted molar refractivity (Wildman–Crippen MR) is 50.4 cm³/mol. The number of amides is 2. The van der Waals surface area contributed by atoms with E-state index in [2.05, 4.69) is 10.9 Å². The van der Waals surface area contributed by atoms with Crippen LogP contribution in [0, 0.1) is 0 Å². The van der Waals surface area contributed by atoms with Crippen molar-refractivity contribution in [2.45, 2.75) is 32.4 Å². The van der Waals surface area contributed by atoms with Gasteiger partial charge in [0, 0.05) is 0 Å². The number of carbonyl (C=O) groups is 1. The summed E-state index contributed by atoms with van der Waals surface area (Å²) in [7, 11) is 0.695. The molecule has 72 valence electrons. The average molecular weight is 191 g/mol. The van der Waals surface area contributed by atoms with Crippen LogP contribution in [0.4, 0.5) is 4.79 Å². The smallest absolute Gasteiger partial charge is 0.326 e. The summed E-state index contributed by atoms with van der Waals surface area (Å²) in [6.45, 7) is 3.97. The average Bonchev–Trinajstić information content (AvgIpc) is 2.04. The van der Waals surface area contributed by atoms with Crippen LogP contribution in [-0.4, -0.2) is 28.7 Å². The van der Waals surface area contributed by atoms with Crippen LogP contribution in [0.5, 0.6) is 0 Å². The third kappa shape index (κ3) is 4.32. The van der Waals surface area contributed by atoms with Crippen LogP contribution in [-0.2, 0) is 4.43 Å². The molecule has 0 aliphatic heterocycles. The van der Waals surface area contributed by atoms with Gasteiger partial charge in [0.25, 0.3) is 0 Å². The van der Waals surface area contributed by atoms with Crippen molar-refractivity contribution in [1.29, 1.82) is 0 Å². The maximum atomic E-state index is 10.3. The molecule has 0 aromatic carbocycles. The number of hydrogen-bond acceptors (Lipinski definition) is 3. The minimum atomic E-state index is -0.575. The first-order valence-electron chi connectivity index (χ1n) is 3.95. The second-order valence-corrected chi connectivity index (χ2v) is 3.06. The zero-order chi connectivity index (χ0) is 9.56. The molecule has 0 aromatic heterocycles. The number of hydrazine groups is 1. The topological polar surface area (TPSA) is 76.4 Å². The zero-order valence-corrected chi connectivity index (χ0v) is 9.76. The molecule has 0 aliphatic rings. The van der Waals surface area contributed by atoms with Crippen molar-refractivity contribution in [3.05, 3.63) is 0 Å². The van der Waals surface area contributed by atoms with Gasteiger partial charge < -0.3 is 10.2 Å². The Labute approximate surface area is 75.5 Å². The van der Waals surface area contributed by atoms with Gasteiger partial charge in [0.15, 0.2) is 0 Å². The summed E-state index contributed by atoms with van der Waals surface area (Å²) in [6, 6.07) is -0.455. The van der Waals surface area contributed by atoms with Crippen LogP contribution in [0.15, 0.2) is 0 Å². The summed E-state index contributed by atoms with van der Waals surface area (Å²) < 4.78 is 5.22. The fourth-order valence-electron chi connectivity index (χ4n) is 0.879. The molecule has 5 nitrogen and oxygen atoms in total. The molecule has 0 bridgehead atoms. The standard InChI is InChI=1S/C6H17N3O2Si/c1-3-5(4(2)11-12)8-9-6(7)10/h4-5,8H,3H2,1-2,12H3,(H3,7,9,10). The van der Waals surface area contributed by atoms with Crippen LogP contribution in [0.3, 0.4) is 0 Å². The van der Waals surface area contributed by atoms with Gasteiger partial charge in [-0.15, -0.1) is 0 Å². The van der Waals surface area contributed by atoms with Crippen LogP contribution in [0.1, 0.15) is 20.3 Å². The first-order valence-corrected chi connectivity index (χ1v) is 4.77. The van der Waals surface area contributed by atoms with E-state index in [0.717, 1.165) is 6.42 Å². The second kappa shape index (κ2) is 5.98. The second-order valence-electron chi connectivity index (χ2n) is 2.59. The van der Waals surface area contributed by atoms with Crippen molar-refractivity contribution in [1.82, 2.24) is 10.9 Å². The molecule has 2 amide bonds. The Balaban J connectivity index is 3.74. The number of nitrogens with two attached hydrogens (primary N) is 1. The molecular weight excluding hydrogens is 174 g/mol. The van der Waals surface area contributed by atoms with E-state index in [-0.39, 0.29) is 12.1 Å². The molecule has 0 rings (SSSR count). The molecule has 6 heteroatoms. The van der Waals surface area contributed by atoms with Gasteiger partial charge in [0.1, 0.15) is 10.5 Å². The number of nitrogens with one attached hydrogen (secondary N) is 2. The van der Waals surface area contributed by atoms with Gasteiger partial charge in [0.05, 0.1) is 12.1 Å². The molecule has 4 N–H and O–H groups in total. The van der Waals surface area contributed by atoms with Gasteiger partial charge in [-0.3, -0.25) is 5.43 Å². The lowest BCUT2D eigenvalue weighted by Gasteiger charge is -2.22. The van der Waals surface area contributed by atoms with Crippen molar-refractivity contribution in [2.75, 3.05) is 0 Å². The minimum absolute atomic E-state index is 0.105. The predicted octanol–water partition coefficient (Wildman–Crippen LogP) is -1.38. The first-order chi connectivity index (χ1) is 5.61. The molecule has 0 aliphatic carbocycles. The molecular formula is C6H17N3O2Si. The van der Waals surface area contributed by atoms with E-state index in [0.29, 0.717) is 10.5 Å². The lowest BCUT2D eigenvalue weighted by atomic mass is 10.1. The molecule has 0 aromatic rings. The Morgan fingerprint density at radius 1 is 1.75 bits per heavy atom. The number of rotatable bonds is 5. The Morgan fingerprint density at radius 2 is 2.33 bits per heavy atom. The van der Waals surface area contributed by atoms with Gasteiger partial charge >= 0.3 is 6.03 Å². The van der Waals surface area contributed by atoms with Gasteiger partial charge in [-0.2, -0.15) is 0 Å². The highest BCUT2D eigenvalue weighted by Gasteiger charge is 2.13. The first kappa shape index (κ1) is 11.4. The lowest BCUT2D eigenvalue weighted by Crippen LogP contribution is -2.50. The monoisotopic (exact) mass is 191 g/mol. The molecule has 0 heterocycles. The van der Waals surface area contributed by atoms with Crippen LogP contribution in [0.25, 0.3) is 0 Å². The van der Waals surface area contributed by atoms with Crippen molar-refractivity contribution < 1.29 is 9.22 Å². The van der Waals surface area contributed by atoms with Gasteiger partial charge in [0.2, 0.25) is 0 Å². The lowest BCUT2D eigenvalue weighted by molar-refractivity contribution is 0.171. The molecule has 0 saturated heterocycles. The number of hydrogen-bond donors (Lipinski definition) is 3. The third-order valence-electron chi connectivity index (χ3n) is 1.76. The quantitative estimate of drug-likeness (QED) is 0.370. The van der Waals surface area contributed by atoms with E-state index in [1.165, 1.54) is 0 Å². The largest absolute Gasteiger partial charge is 0.424 e. The van der Waals surface area contributed by atoms with E-state index in [9.17, 15) is 4.79 Å². The van der Waals surface area contributed by atoms with Crippen LogP contribution < -0.4 is 16.6 Å². The molecule has 2 atom stereocenters.